The first-order valence-electron chi connectivity index (χ1n) is 11.2. The van der Waals surface area contributed by atoms with Gasteiger partial charge in [0, 0.05) is 17.7 Å². The van der Waals surface area contributed by atoms with Crippen LogP contribution in [0.5, 0.6) is 5.75 Å². The number of ether oxygens (including phenoxy) is 1. The quantitative estimate of drug-likeness (QED) is 0.462. The molecule has 162 valence electrons. The lowest BCUT2D eigenvalue weighted by molar-refractivity contribution is -0.136. The van der Waals surface area contributed by atoms with Crippen LogP contribution in [0.1, 0.15) is 37.9 Å². The standard InChI is InChI=1S/C25H27NO3S2/c1-28-19-4-2-16(3-5-19)21-7-6-20(29-21)13-22-24(27)26(25(30)31-22)23-17-9-14-8-15(11-17)12-18(23)10-14/h2-7,13-15,17-18,23,25,30H,8-12H2,1H3/b22-13-. The van der Waals surface area contributed by atoms with E-state index >= 15 is 0 Å². The maximum atomic E-state index is 13.4. The van der Waals surface area contributed by atoms with E-state index in [1.807, 2.05) is 42.5 Å². The lowest BCUT2D eigenvalue weighted by Gasteiger charge is -2.56. The van der Waals surface area contributed by atoms with Gasteiger partial charge in [0.15, 0.2) is 0 Å². The van der Waals surface area contributed by atoms with Gasteiger partial charge in [-0.2, -0.15) is 0 Å². The molecule has 0 spiro atoms. The Labute approximate surface area is 192 Å². The van der Waals surface area contributed by atoms with Crippen LogP contribution in [-0.4, -0.2) is 28.7 Å². The molecule has 4 nitrogen and oxygen atoms in total. The van der Waals surface area contributed by atoms with Gasteiger partial charge in [-0.05, 0) is 92.2 Å². The highest BCUT2D eigenvalue weighted by Gasteiger charge is 2.53. The molecule has 1 aliphatic heterocycles. The van der Waals surface area contributed by atoms with E-state index in [2.05, 4.69) is 4.90 Å². The molecule has 1 aromatic heterocycles. The van der Waals surface area contributed by atoms with E-state index in [9.17, 15) is 4.79 Å². The summed E-state index contributed by atoms with van der Waals surface area (Å²) in [6.45, 7) is 0. The molecule has 6 heteroatoms. The van der Waals surface area contributed by atoms with Crippen molar-refractivity contribution in [3.63, 3.8) is 0 Å². The third-order valence-corrected chi connectivity index (χ3v) is 9.24. The van der Waals surface area contributed by atoms with Crippen molar-refractivity contribution in [2.24, 2.45) is 23.7 Å². The van der Waals surface area contributed by atoms with E-state index < -0.39 is 0 Å². The SMILES string of the molecule is COc1ccc(-c2ccc(/C=C3\SC(S)N(C4C5CC6CC(C5)CC4C6)C3=O)o2)cc1. The van der Waals surface area contributed by atoms with Crippen molar-refractivity contribution in [3.05, 3.63) is 47.1 Å². The maximum Gasteiger partial charge on any atom is 0.262 e. The smallest absolute Gasteiger partial charge is 0.262 e. The summed E-state index contributed by atoms with van der Waals surface area (Å²) in [5.74, 6) is 5.56. The highest BCUT2D eigenvalue weighted by atomic mass is 32.2. The van der Waals surface area contributed by atoms with Gasteiger partial charge < -0.3 is 14.1 Å². The van der Waals surface area contributed by atoms with Crippen molar-refractivity contribution in [1.29, 1.82) is 0 Å². The molecule has 1 amide bonds. The highest BCUT2D eigenvalue weighted by Crippen LogP contribution is 2.57. The summed E-state index contributed by atoms with van der Waals surface area (Å²) >= 11 is 6.38. The van der Waals surface area contributed by atoms with E-state index in [1.54, 1.807) is 18.9 Å². The number of hydrogen-bond donors (Lipinski definition) is 1. The Hall–Kier alpha value is -1.79. The zero-order valence-electron chi connectivity index (χ0n) is 17.6. The van der Waals surface area contributed by atoms with Crippen LogP contribution in [0.15, 0.2) is 45.7 Å². The maximum absolute atomic E-state index is 13.4. The van der Waals surface area contributed by atoms with Gasteiger partial charge in [0.1, 0.15) is 22.0 Å². The molecular formula is C25H27NO3S2. The van der Waals surface area contributed by atoms with Crippen LogP contribution < -0.4 is 4.74 Å². The average Bonchev–Trinajstić information content (AvgIpc) is 3.33. The Kier molecular flexibility index (Phi) is 4.91. The number of benzene rings is 1. The number of amides is 1. The third kappa shape index (κ3) is 3.43. The van der Waals surface area contributed by atoms with Crippen molar-refractivity contribution in [2.75, 3.05) is 7.11 Å². The van der Waals surface area contributed by atoms with E-state index in [0.29, 0.717) is 23.6 Å². The van der Waals surface area contributed by atoms with Crippen molar-refractivity contribution >= 4 is 36.4 Å². The second kappa shape index (κ2) is 7.66. The molecule has 4 saturated carbocycles. The first-order chi connectivity index (χ1) is 15.1. The van der Waals surface area contributed by atoms with Gasteiger partial charge in [-0.25, -0.2) is 0 Å². The van der Waals surface area contributed by atoms with Crippen molar-refractivity contribution in [1.82, 2.24) is 4.90 Å². The summed E-state index contributed by atoms with van der Waals surface area (Å²) < 4.78 is 11.2. The van der Waals surface area contributed by atoms with Gasteiger partial charge in [-0.15, -0.1) is 12.6 Å². The fraction of sp³-hybridized carbons (Fsp3) is 0.480. The van der Waals surface area contributed by atoms with Gasteiger partial charge in [-0.3, -0.25) is 4.79 Å². The van der Waals surface area contributed by atoms with Crippen LogP contribution >= 0.6 is 24.4 Å². The second-order valence-electron chi connectivity index (χ2n) is 9.52. The van der Waals surface area contributed by atoms with Gasteiger partial charge in [0.25, 0.3) is 5.91 Å². The van der Waals surface area contributed by atoms with Crippen LogP contribution in [0.25, 0.3) is 17.4 Å². The van der Waals surface area contributed by atoms with E-state index in [-0.39, 0.29) is 10.6 Å². The number of rotatable bonds is 4. The zero-order valence-corrected chi connectivity index (χ0v) is 19.3. The second-order valence-corrected chi connectivity index (χ2v) is 11.5. The molecule has 4 aliphatic carbocycles. The average molecular weight is 454 g/mol. The third-order valence-electron chi connectivity index (χ3n) is 7.69. The van der Waals surface area contributed by atoms with Gasteiger partial charge in [0.05, 0.1) is 12.0 Å². The van der Waals surface area contributed by atoms with Gasteiger partial charge in [0.2, 0.25) is 0 Å². The monoisotopic (exact) mass is 453 g/mol. The summed E-state index contributed by atoms with van der Waals surface area (Å²) in [7, 11) is 1.66. The predicted octanol–water partition coefficient (Wildman–Crippen LogP) is 5.91. The van der Waals surface area contributed by atoms with Crippen molar-refractivity contribution in [2.45, 2.75) is 42.9 Å². The molecule has 1 unspecified atom stereocenters. The minimum absolute atomic E-state index is 0.0997. The normalized spacial score (nSPS) is 35.4. The number of furan rings is 1. The molecule has 0 radical (unpaired) electrons. The number of nitrogens with zero attached hydrogens (tertiary/aromatic N) is 1. The zero-order chi connectivity index (χ0) is 21.1. The number of carbonyl (C=O) groups excluding carboxylic acids is 1. The molecule has 1 saturated heterocycles. The van der Waals surface area contributed by atoms with Crippen molar-refractivity contribution in [3.8, 4) is 17.1 Å². The Morgan fingerprint density at radius 1 is 1.03 bits per heavy atom. The number of thioether (sulfide) groups is 1. The molecular weight excluding hydrogens is 426 g/mol. The fourth-order valence-electron chi connectivity index (χ4n) is 6.65. The Bertz CT molecular complexity index is 1000. The molecule has 2 heterocycles. The Morgan fingerprint density at radius 3 is 2.35 bits per heavy atom. The summed E-state index contributed by atoms with van der Waals surface area (Å²) in [5.41, 5.74) is 0.984. The van der Waals surface area contributed by atoms with E-state index in [0.717, 1.165) is 33.8 Å². The van der Waals surface area contributed by atoms with Crippen LogP contribution in [-0.2, 0) is 4.79 Å². The van der Waals surface area contributed by atoms with Gasteiger partial charge in [-0.1, -0.05) is 11.8 Å². The Morgan fingerprint density at radius 2 is 1.71 bits per heavy atom. The summed E-state index contributed by atoms with van der Waals surface area (Å²) in [6, 6.07) is 12.0. The number of carbonyl (C=O) groups is 1. The lowest BCUT2D eigenvalue weighted by atomic mass is 9.54. The van der Waals surface area contributed by atoms with E-state index in [4.69, 9.17) is 21.8 Å². The molecule has 5 fully saturated rings. The van der Waals surface area contributed by atoms with Crippen LogP contribution in [0, 0.1) is 23.7 Å². The molecule has 1 aromatic carbocycles. The van der Waals surface area contributed by atoms with Crippen LogP contribution in [0.4, 0.5) is 0 Å². The summed E-state index contributed by atoms with van der Waals surface area (Å²) in [6.07, 6.45) is 8.51. The number of methoxy groups -OCH3 is 1. The predicted molar refractivity (Wildman–Crippen MR) is 127 cm³/mol. The minimum atomic E-state index is -0.0997. The minimum Gasteiger partial charge on any atom is -0.497 e. The molecule has 4 bridgehead atoms. The van der Waals surface area contributed by atoms with Crippen LogP contribution in [0.3, 0.4) is 0 Å². The Balaban J connectivity index is 1.22. The first-order valence-corrected chi connectivity index (χ1v) is 12.6. The molecule has 7 rings (SSSR count). The molecule has 5 aliphatic rings. The molecule has 1 atom stereocenters. The molecule has 2 aromatic rings. The molecule has 0 N–H and O–H groups in total. The molecule has 31 heavy (non-hydrogen) atoms. The fourth-order valence-corrected chi connectivity index (χ4v) is 8.21. The van der Waals surface area contributed by atoms with Crippen molar-refractivity contribution < 1.29 is 13.9 Å². The number of thiol groups is 1. The summed E-state index contributed by atoms with van der Waals surface area (Å²) in [5, 5.41) is 0. The summed E-state index contributed by atoms with van der Waals surface area (Å²) in [4.78, 5) is 16.3. The van der Waals surface area contributed by atoms with Gasteiger partial charge >= 0.3 is 0 Å². The highest BCUT2D eigenvalue weighted by molar-refractivity contribution is 8.14. The topological polar surface area (TPSA) is 42.7 Å². The lowest BCUT2D eigenvalue weighted by Crippen LogP contribution is -2.57. The first kappa shape index (κ1) is 19.9. The number of hydrogen-bond acceptors (Lipinski definition) is 5. The van der Waals surface area contributed by atoms with Crippen LogP contribution in [0.2, 0.25) is 0 Å². The van der Waals surface area contributed by atoms with E-state index in [1.165, 1.54) is 32.1 Å². The largest absolute Gasteiger partial charge is 0.497 e.